The Hall–Kier alpha value is -3.23. The van der Waals surface area contributed by atoms with Gasteiger partial charge in [0.1, 0.15) is 21.5 Å². The molecule has 0 aliphatic carbocycles. The second-order valence-corrected chi connectivity index (χ2v) is 9.04. The van der Waals surface area contributed by atoms with Crippen LogP contribution in [-0.4, -0.2) is 34.0 Å². The van der Waals surface area contributed by atoms with Gasteiger partial charge >= 0.3 is 0 Å². The molecule has 0 saturated carbocycles. The van der Waals surface area contributed by atoms with Gasteiger partial charge in [-0.25, -0.2) is 4.98 Å². The van der Waals surface area contributed by atoms with Gasteiger partial charge in [0, 0.05) is 5.69 Å². The molecular weight excluding hydrogens is 440 g/mol. The number of carbonyl (C=O) groups excluding carboxylic acids is 1. The minimum Gasteiger partial charge on any atom is -0.496 e. The van der Waals surface area contributed by atoms with Crippen molar-refractivity contribution in [3.63, 3.8) is 0 Å². The molecule has 4 rings (SSSR count). The largest absolute Gasteiger partial charge is 0.496 e. The quantitative estimate of drug-likeness (QED) is 0.359. The van der Waals surface area contributed by atoms with Gasteiger partial charge in [0.2, 0.25) is 5.91 Å². The maximum Gasteiger partial charge on any atom is 0.234 e. The van der Waals surface area contributed by atoms with E-state index < -0.39 is 0 Å². The second-order valence-electron chi connectivity index (χ2n) is 7.04. The Kier molecular flexibility index (Phi) is 6.82. The van der Waals surface area contributed by atoms with Crippen molar-refractivity contribution in [3.8, 4) is 26.9 Å². The van der Waals surface area contributed by atoms with Crippen LogP contribution in [0.5, 0.6) is 5.75 Å². The standard InChI is InChI=1S/C24H22N4O2S2/c1-15-8-4-6-10-18(15)26-21(29)14-31-22-13-12-19(27-28-22)23-16(2)25-24(32-23)17-9-5-7-11-20(17)30-3/h4-13H,14H2,1-3H3,(H,26,29). The van der Waals surface area contributed by atoms with Crippen molar-refractivity contribution in [3.05, 3.63) is 71.9 Å². The van der Waals surface area contributed by atoms with E-state index in [-0.39, 0.29) is 11.7 Å². The van der Waals surface area contributed by atoms with Crippen LogP contribution in [0.15, 0.2) is 65.7 Å². The van der Waals surface area contributed by atoms with Gasteiger partial charge in [0.25, 0.3) is 0 Å². The highest BCUT2D eigenvalue weighted by molar-refractivity contribution is 7.99. The number of carbonyl (C=O) groups is 1. The van der Waals surface area contributed by atoms with Gasteiger partial charge in [-0.3, -0.25) is 4.79 Å². The Morgan fingerprint density at radius 3 is 2.56 bits per heavy atom. The number of hydrogen-bond donors (Lipinski definition) is 1. The molecule has 1 amide bonds. The van der Waals surface area contributed by atoms with Crippen molar-refractivity contribution in [2.75, 3.05) is 18.2 Å². The summed E-state index contributed by atoms with van der Waals surface area (Å²) in [5, 5.41) is 13.2. The van der Waals surface area contributed by atoms with Crippen LogP contribution in [0.25, 0.3) is 21.1 Å². The molecular formula is C24H22N4O2S2. The predicted molar refractivity (Wildman–Crippen MR) is 130 cm³/mol. The fraction of sp³-hybridized carbons (Fsp3) is 0.167. The van der Waals surface area contributed by atoms with E-state index in [1.165, 1.54) is 11.8 Å². The van der Waals surface area contributed by atoms with E-state index in [1.807, 2.05) is 74.5 Å². The molecule has 4 aromatic rings. The molecule has 1 N–H and O–H groups in total. The average Bonchev–Trinajstić information content (AvgIpc) is 3.21. The molecule has 2 heterocycles. The first-order valence-electron chi connectivity index (χ1n) is 9.98. The number of benzene rings is 2. The zero-order valence-electron chi connectivity index (χ0n) is 18.0. The summed E-state index contributed by atoms with van der Waals surface area (Å²) in [6, 6.07) is 19.3. The number of aromatic nitrogens is 3. The molecule has 0 aliphatic rings. The molecule has 2 aromatic carbocycles. The van der Waals surface area contributed by atoms with Crippen LogP contribution in [0.3, 0.4) is 0 Å². The van der Waals surface area contributed by atoms with Crippen LogP contribution in [0, 0.1) is 13.8 Å². The lowest BCUT2D eigenvalue weighted by atomic mass is 10.2. The summed E-state index contributed by atoms with van der Waals surface area (Å²) >= 11 is 2.91. The topological polar surface area (TPSA) is 77.0 Å². The Morgan fingerprint density at radius 1 is 1.03 bits per heavy atom. The maximum atomic E-state index is 12.3. The summed E-state index contributed by atoms with van der Waals surface area (Å²) < 4.78 is 5.46. The SMILES string of the molecule is COc1ccccc1-c1nc(C)c(-c2ccc(SCC(=O)Nc3ccccc3C)nn2)s1. The highest BCUT2D eigenvalue weighted by Crippen LogP contribution is 2.38. The summed E-state index contributed by atoms with van der Waals surface area (Å²) in [6.07, 6.45) is 0. The lowest BCUT2D eigenvalue weighted by Gasteiger charge is -2.07. The van der Waals surface area contributed by atoms with E-state index >= 15 is 0 Å². The molecule has 0 radical (unpaired) electrons. The molecule has 0 aliphatic heterocycles. The highest BCUT2D eigenvalue weighted by atomic mass is 32.2. The molecule has 0 spiro atoms. The number of para-hydroxylation sites is 2. The average molecular weight is 463 g/mol. The normalized spacial score (nSPS) is 10.7. The van der Waals surface area contributed by atoms with Gasteiger partial charge in [0.05, 0.1) is 29.0 Å². The molecule has 2 aromatic heterocycles. The summed E-state index contributed by atoms with van der Waals surface area (Å²) in [7, 11) is 1.66. The van der Waals surface area contributed by atoms with E-state index in [0.717, 1.165) is 43.8 Å². The zero-order valence-corrected chi connectivity index (χ0v) is 19.6. The number of hydrogen-bond acceptors (Lipinski definition) is 7. The van der Waals surface area contributed by atoms with Gasteiger partial charge in [-0.15, -0.1) is 21.5 Å². The van der Waals surface area contributed by atoms with Crippen molar-refractivity contribution in [2.24, 2.45) is 0 Å². The van der Waals surface area contributed by atoms with Crippen LogP contribution >= 0.6 is 23.1 Å². The number of amides is 1. The van der Waals surface area contributed by atoms with Gasteiger partial charge in [0.15, 0.2) is 0 Å². The predicted octanol–water partition coefficient (Wildman–Crippen LogP) is 5.62. The number of ether oxygens (including phenoxy) is 1. The van der Waals surface area contributed by atoms with Crippen molar-refractivity contribution in [1.29, 1.82) is 0 Å². The van der Waals surface area contributed by atoms with E-state index in [2.05, 4.69) is 15.5 Å². The van der Waals surface area contributed by atoms with E-state index in [4.69, 9.17) is 9.72 Å². The first-order valence-corrected chi connectivity index (χ1v) is 11.8. The fourth-order valence-electron chi connectivity index (χ4n) is 3.13. The van der Waals surface area contributed by atoms with E-state index in [1.54, 1.807) is 18.4 Å². The molecule has 8 heteroatoms. The smallest absolute Gasteiger partial charge is 0.234 e. The van der Waals surface area contributed by atoms with Crippen molar-refractivity contribution >= 4 is 34.7 Å². The number of rotatable bonds is 7. The van der Waals surface area contributed by atoms with Crippen LogP contribution in [0.4, 0.5) is 5.69 Å². The van der Waals surface area contributed by atoms with Crippen molar-refractivity contribution < 1.29 is 9.53 Å². The van der Waals surface area contributed by atoms with Crippen LogP contribution in [-0.2, 0) is 4.79 Å². The van der Waals surface area contributed by atoms with Crippen molar-refractivity contribution in [2.45, 2.75) is 18.9 Å². The Morgan fingerprint density at radius 2 is 1.81 bits per heavy atom. The monoisotopic (exact) mass is 462 g/mol. The summed E-state index contributed by atoms with van der Waals surface area (Å²) in [5.74, 6) is 0.976. The minimum atomic E-state index is -0.0741. The lowest BCUT2D eigenvalue weighted by molar-refractivity contribution is -0.113. The first kappa shape index (κ1) is 22.0. The molecule has 32 heavy (non-hydrogen) atoms. The molecule has 0 atom stereocenters. The number of nitrogens with zero attached hydrogens (tertiary/aromatic N) is 3. The molecule has 0 bridgehead atoms. The number of nitrogens with one attached hydrogen (secondary N) is 1. The van der Waals surface area contributed by atoms with Gasteiger partial charge < -0.3 is 10.1 Å². The van der Waals surface area contributed by atoms with Crippen LogP contribution < -0.4 is 10.1 Å². The number of aryl methyl sites for hydroxylation is 2. The minimum absolute atomic E-state index is 0.0741. The van der Waals surface area contributed by atoms with Gasteiger partial charge in [-0.1, -0.05) is 42.1 Å². The molecule has 0 saturated heterocycles. The molecule has 0 unspecified atom stereocenters. The lowest BCUT2D eigenvalue weighted by Crippen LogP contribution is -2.14. The van der Waals surface area contributed by atoms with Gasteiger partial charge in [-0.05, 0) is 49.7 Å². The number of thiazole rings is 1. The zero-order chi connectivity index (χ0) is 22.5. The van der Waals surface area contributed by atoms with Crippen LogP contribution in [0.2, 0.25) is 0 Å². The first-order chi connectivity index (χ1) is 15.5. The Bertz CT molecular complexity index is 1240. The fourth-order valence-corrected chi connectivity index (χ4v) is 4.80. The highest BCUT2D eigenvalue weighted by Gasteiger charge is 2.16. The number of thioether (sulfide) groups is 1. The van der Waals surface area contributed by atoms with Gasteiger partial charge in [-0.2, -0.15) is 0 Å². The second kappa shape index (κ2) is 9.93. The van der Waals surface area contributed by atoms with E-state index in [9.17, 15) is 4.79 Å². The third-order valence-corrected chi connectivity index (χ3v) is 6.91. The molecule has 0 fully saturated rings. The Labute approximate surface area is 195 Å². The number of methoxy groups -OCH3 is 1. The molecule has 162 valence electrons. The van der Waals surface area contributed by atoms with E-state index in [0.29, 0.717) is 5.03 Å². The Balaban J connectivity index is 1.43. The summed E-state index contributed by atoms with van der Waals surface area (Å²) in [5.41, 5.74) is 4.46. The van der Waals surface area contributed by atoms with Crippen molar-refractivity contribution in [1.82, 2.24) is 15.2 Å². The summed E-state index contributed by atoms with van der Waals surface area (Å²) in [6.45, 7) is 3.93. The summed E-state index contributed by atoms with van der Waals surface area (Å²) in [4.78, 5) is 17.9. The third-order valence-electron chi connectivity index (χ3n) is 4.78. The third kappa shape index (κ3) is 4.98. The molecule has 6 nitrogen and oxygen atoms in total. The number of anilines is 1. The maximum absolute atomic E-state index is 12.3. The van der Waals surface area contributed by atoms with Crippen LogP contribution in [0.1, 0.15) is 11.3 Å².